The van der Waals surface area contributed by atoms with Crippen LogP contribution in [-0.2, 0) is 10.0 Å². The first-order valence-corrected chi connectivity index (χ1v) is 10.4. The van der Waals surface area contributed by atoms with Gasteiger partial charge in [0.1, 0.15) is 5.82 Å². The van der Waals surface area contributed by atoms with Crippen LogP contribution in [0, 0.1) is 26.6 Å². The number of carbonyl (C=O) groups excluding carboxylic acids is 1. The fourth-order valence-electron chi connectivity index (χ4n) is 3.03. The van der Waals surface area contributed by atoms with Gasteiger partial charge in [0, 0.05) is 11.3 Å². The zero-order valence-electron chi connectivity index (χ0n) is 16.3. The van der Waals surface area contributed by atoms with Crippen LogP contribution in [-0.4, -0.2) is 14.3 Å². The second-order valence-corrected chi connectivity index (χ2v) is 8.55. The SMILES string of the molecule is Cc1cc(C)cc(NS(=O)(=O)c2cc(C(=O)Nc3ccccc3F)ccc2C)c1. The van der Waals surface area contributed by atoms with Crippen LogP contribution in [0.4, 0.5) is 15.8 Å². The van der Waals surface area contributed by atoms with E-state index in [1.54, 1.807) is 31.2 Å². The Morgan fingerprint density at radius 2 is 1.55 bits per heavy atom. The number of anilines is 2. The maximum absolute atomic E-state index is 13.8. The van der Waals surface area contributed by atoms with Crippen molar-refractivity contribution in [1.29, 1.82) is 0 Å². The van der Waals surface area contributed by atoms with Crippen LogP contribution >= 0.6 is 0 Å². The summed E-state index contributed by atoms with van der Waals surface area (Å²) < 4.78 is 42.2. The molecule has 0 saturated carbocycles. The van der Waals surface area contributed by atoms with Crippen molar-refractivity contribution in [3.8, 4) is 0 Å². The van der Waals surface area contributed by atoms with E-state index in [1.165, 1.54) is 30.3 Å². The molecule has 0 bridgehead atoms. The van der Waals surface area contributed by atoms with Crippen molar-refractivity contribution >= 4 is 27.3 Å². The molecule has 0 aliphatic heterocycles. The molecule has 0 unspecified atom stereocenters. The van der Waals surface area contributed by atoms with Crippen LogP contribution in [0.25, 0.3) is 0 Å². The zero-order chi connectivity index (χ0) is 21.2. The number of hydrogen-bond acceptors (Lipinski definition) is 3. The molecule has 0 aliphatic carbocycles. The Hall–Kier alpha value is -3.19. The fraction of sp³-hybridized carbons (Fsp3) is 0.136. The summed E-state index contributed by atoms with van der Waals surface area (Å²) in [4.78, 5) is 12.5. The molecule has 0 fully saturated rings. The Kier molecular flexibility index (Phi) is 5.70. The molecule has 1 amide bonds. The summed E-state index contributed by atoms with van der Waals surface area (Å²) in [5.41, 5.74) is 2.93. The third kappa shape index (κ3) is 4.81. The zero-order valence-corrected chi connectivity index (χ0v) is 17.1. The minimum atomic E-state index is -3.92. The van der Waals surface area contributed by atoms with E-state index in [-0.39, 0.29) is 16.1 Å². The van der Waals surface area contributed by atoms with E-state index in [4.69, 9.17) is 0 Å². The number of para-hydroxylation sites is 1. The minimum Gasteiger partial charge on any atom is -0.319 e. The number of nitrogens with one attached hydrogen (secondary N) is 2. The predicted molar refractivity (Wildman–Crippen MR) is 112 cm³/mol. The monoisotopic (exact) mass is 412 g/mol. The third-order valence-corrected chi connectivity index (χ3v) is 5.86. The van der Waals surface area contributed by atoms with E-state index in [9.17, 15) is 17.6 Å². The summed E-state index contributed by atoms with van der Waals surface area (Å²) in [7, 11) is -3.92. The van der Waals surface area contributed by atoms with Crippen molar-refractivity contribution in [3.05, 3.63) is 88.7 Å². The summed E-state index contributed by atoms with van der Waals surface area (Å²) in [6.45, 7) is 5.40. The number of carbonyl (C=O) groups is 1. The molecular formula is C22H21FN2O3S. The highest BCUT2D eigenvalue weighted by Crippen LogP contribution is 2.23. The number of aryl methyl sites for hydroxylation is 3. The molecule has 3 aromatic rings. The van der Waals surface area contributed by atoms with Gasteiger partial charge in [-0.2, -0.15) is 0 Å². The summed E-state index contributed by atoms with van der Waals surface area (Å²) in [5.74, 6) is -1.17. The van der Waals surface area contributed by atoms with Gasteiger partial charge >= 0.3 is 0 Å². The van der Waals surface area contributed by atoms with E-state index in [0.717, 1.165) is 11.1 Å². The molecule has 29 heavy (non-hydrogen) atoms. The number of sulfonamides is 1. The average molecular weight is 412 g/mol. The summed E-state index contributed by atoms with van der Waals surface area (Å²) >= 11 is 0. The van der Waals surface area contributed by atoms with Crippen molar-refractivity contribution in [2.24, 2.45) is 0 Å². The van der Waals surface area contributed by atoms with Gasteiger partial charge in [-0.15, -0.1) is 0 Å². The van der Waals surface area contributed by atoms with Gasteiger partial charge in [-0.25, -0.2) is 12.8 Å². The first-order valence-electron chi connectivity index (χ1n) is 8.93. The molecule has 3 aromatic carbocycles. The molecule has 2 N–H and O–H groups in total. The van der Waals surface area contributed by atoms with Crippen LogP contribution in [0.1, 0.15) is 27.0 Å². The van der Waals surface area contributed by atoms with Crippen molar-refractivity contribution in [2.75, 3.05) is 10.0 Å². The molecule has 0 aromatic heterocycles. The number of rotatable bonds is 5. The van der Waals surface area contributed by atoms with Crippen molar-refractivity contribution in [2.45, 2.75) is 25.7 Å². The number of hydrogen-bond donors (Lipinski definition) is 2. The average Bonchev–Trinajstić information content (AvgIpc) is 2.62. The van der Waals surface area contributed by atoms with Gasteiger partial charge in [0.05, 0.1) is 10.6 Å². The lowest BCUT2D eigenvalue weighted by molar-refractivity contribution is 0.102. The fourth-order valence-corrected chi connectivity index (χ4v) is 4.34. The van der Waals surface area contributed by atoms with Crippen LogP contribution in [0.2, 0.25) is 0 Å². The molecule has 7 heteroatoms. The largest absolute Gasteiger partial charge is 0.319 e. The lowest BCUT2D eigenvalue weighted by Crippen LogP contribution is -2.17. The maximum atomic E-state index is 13.8. The molecule has 150 valence electrons. The number of amides is 1. The van der Waals surface area contributed by atoms with Gasteiger partial charge in [-0.3, -0.25) is 9.52 Å². The molecule has 5 nitrogen and oxygen atoms in total. The van der Waals surface area contributed by atoms with E-state index in [0.29, 0.717) is 11.3 Å². The third-order valence-electron chi connectivity index (χ3n) is 4.34. The molecule has 0 spiro atoms. The molecular weight excluding hydrogens is 391 g/mol. The lowest BCUT2D eigenvalue weighted by atomic mass is 10.1. The van der Waals surface area contributed by atoms with E-state index < -0.39 is 21.7 Å². The standard InChI is InChI=1S/C22H21FN2O3S/c1-14-10-15(2)12-18(11-14)25-29(27,28)21-13-17(9-8-16(21)3)22(26)24-20-7-5-4-6-19(20)23/h4-13,25H,1-3H3,(H,24,26). The van der Waals surface area contributed by atoms with E-state index >= 15 is 0 Å². The summed E-state index contributed by atoms with van der Waals surface area (Å²) in [6, 6.07) is 15.5. The summed E-state index contributed by atoms with van der Waals surface area (Å²) in [5, 5.41) is 2.46. The van der Waals surface area contributed by atoms with Gasteiger partial charge in [-0.05, 0) is 73.9 Å². The van der Waals surface area contributed by atoms with Gasteiger partial charge in [0.25, 0.3) is 15.9 Å². The smallest absolute Gasteiger partial charge is 0.262 e. The Morgan fingerprint density at radius 1 is 0.897 bits per heavy atom. The van der Waals surface area contributed by atoms with Gasteiger partial charge < -0.3 is 5.32 Å². The highest BCUT2D eigenvalue weighted by molar-refractivity contribution is 7.92. The van der Waals surface area contributed by atoms with Gasteiger partial charge in [-0.1, -0.05) is 24.3 Å². The minimum absolute atomic E-state index is 0.0159. The molecule has 0 saturated heterocycles. The second kappa shape index (κ2) is 8.05. The van der Waals surface area contributed by atoms with Crippen LogP contribution in [0.3, 0.4) is 0 Å². The van der Waals surface area contributed by atoms with Crippen LogP contribution < -0.4 is 10.0 Å². The highest BCUT2D eigenvalue weighted by atomic mass is 32.2. The quantitative estimate of drug-likeness (QED) is 0.632. The summed E-state index contributed by atoms with van der Waals surface area (Å²) in [6.07, 6.45) is 0. The normalized spacial score (nSPS) is 11.2. The molecule has 0 heterocycles. The number of halogens is 1. The Balaban J connectivity index is 1.91. The van der Waals surface area contributed by atoms with E-state index in [2.05, 4.69) is 10.0 Å². The van der Waals surface area contributed by atoms with Crippen molar-refractivity contribution < 1.29 is 17.6 Å². The topological polar surface area (TPSA) is 75.3 Å². The highest BCUT2D eigenvalue weighted by Gasteiger charge is 2.20. The molecule has 3 rings (SSSR count). The second-order valence-electron chi connectivity index (χ2n) is 6.90. The van der Waals surface area contributed by atoms with Crippen molar-refractivity contribution in [3.63, 3.8) is 0 Å². The van der Waals surface area contributed by atoms with Crippen LogP contribution in [0.5, 0.6) is 0 Å². The van der Waals surface area contributed by atoms with Gasteiger partial charge in [0.2, 0.25) is 0 Å². The Morgan fingerprint density at radius 3 is 2.21 bits per heavy atom. The first-order chi connectivity index (χ1) is 13.7. The molecule has 0 atom stereocenters. The Bertz CT molecular complexity index is 1170. The van der Waals surface area contributed by atoms with Crippen LogP contribution in [0.15, 0.2) is 65.6 Å². The first kappa shape index (κ1) is 20.5. The number of benzene rings is 3. The Labute approximate surface area is 169 Å². The van der Waals surface area contributed by atoms with E-state index in [1.807, 2.05) is 19.9 Å². The lowest BCUT2D eigenvalue weighted by Gasteiger charge is -2.13. The van der Waals surface area contributed by atoms with Crippen molar-refractivity contribution in [1.82, 2.24) is 0 Å². The maximum Gasteiger partial charge on any atom is 0.262 e. The molecule has 0 aliphatic rings. The molecule has 0 radical (unpaired) electrons. The predicted octanol–water partition coefficient (Wildman–Crippen LogP) is 4.80. The van der Waals surface area contributed by atoms with Gasteiger partial charge in [0.15, 0.2) is 0 Å².